The molecule has 0 heterocycles. The minimum absolute atomic E-state index is 0.0534. The van der Waals surface area contributed by atoms with Crippen LogP contribution in [0.15, 0.2) is 18.2 Å². The molecule has 1 aromatic rings. The number of halogens is 2. The number of carbonyl (C=O) groups excluding carboxylic acids is 2. The van der Waals surface area contributed by atoms with Gasteiger partial charge in [0, 0.05) is 18.6 Å². The molecule has 25 heavy (non-hydrogen) atoms. The second-order valence-electron chi connectivity index (χ2n) is 6.60. The Hall–Kier alpha value is -1.30. The molecule has 0 aromatic heterocycles. The van der Waals surface area contributed by atoms with Gasteiger partial charge in [0.15, 0.2) is 0 Å². The topological polar surface area (TPSA) is 52.7 Å². The maximum absolute atomic E-state index is 12.3. The van der Waals surface area contributed by atoms with Crippen molar-refractivity contribution in [2.45, 2.75) is 26.2 Å². The Kier molecular flexibility index (Phi) is 7.54. The van der Waals surface area contributed by atoms with Gasteiger partial charge < -0.3 is 10.2 Å². The summed E-state index contributed by atoms with van der Waals surface area (Å²) in [6, 6.07) is 4.92. The summed E-state index contributed by atoms with van der Waals surface area (Å²) in [5.41, 5.74) is 0.518. The van der Waals surface area contributed by atoms with Crippen molar-refractivity contribution >= 4 is 40.7 Å². The minimum Gasteiger partial charge on any atom is -0.344 e. The highest BCUT2D eigenvalue weighted by atomic mass is 35.5. The van der Waals surface area contributed by atoms with Gasteiger partial charge in [0.1, 0.15) is 0 Å². The second-order valence-corrected chi connectivity index (χ2v) is 7.44. The fourth-order valence-corrected chi connectivity index (χ4v) is 3.07. The maximum Gasteiger partial charge on any atom is 0.238 e. The van der Waals surface area contributed by atoms with Crippen LogP contribution in [0.2, 0.25) is 10.0 Å². The average Bonchev–Trinajstić information content (AvgIpc) is 3.34. The molecule has 0 atom stereocenters. The van der Waals surface area contributed by atoms with E-state index >= 15 is 0 Å². The molecular formula is C18H25Cl2N3O2. The molecule has 0 bridgehead atoms. The number of hydrogen-bond acceptors (Lipinski definition) is 3. The van der Waals surface area contributed by atoms with Gasteiger partial charge in [-0.1, -0.05) is 30.1 Å². The fraction of sp³-hybridized carbons (Fsp3) is 0.556. The van der Waals surface area contributed by atoms with Crippen molar-refractivity contribution in [1.82, 2.24) is 9.80 Å². The second kappa shape index (κ2) is 9.41. The molecule has 1 saturated carbocycles. The predicted octanol–water partition coefficient (Wildman–Crippen LogP) is 3.51. The summed E-state index contributed by atoms with van der Waals surface area (Å²) in [4.78, 5) is 28.3. The minimum atomic E-state index is -0.199. The Labute approximate surface area is 159 Å². The first-order chi connectivity index (χ1) is 11.9. The van der Waals surface area contributed by atoms with Gasteiger partial charge in [0.2, 0.25) is 11.8 Å². The van der Waals surface area contributed by atoms with Crippen molar-refractivity contribution in [3.05, 3.63) is 28.2 Å². The zero-order valence-corrected chi connectivity index (χ0v) is 16.2. The monoisotopic (exact) mass is 385 g/mol. The van der Waals surface area contributed by atoms with E-state index in [1.807, 2.05) is 18.9 Å². The van der Waals surface area contributed by atoms with E-state index in [1.165, 1.54) is 12.8 Å². The van der Waals surface area contributed by atoms with Gasteiger partial charge in [-0.15, -0.1) is 0 Å². The van der Waals surface area contributed by atoms with E-state index < -0.39 is 0 Å². The van der Waals surface area contributed by atoms with Gasteiger partial charge in [-0.05, 0) is 49.9 Å². The molecule has 0 radical (unpaired) electrons. The van der Waals surface area contributed by atoms with Gasteiger partial charge in [-0.3, -0.25) is 14.5 Å². The van der Waals surface area contributed by atoms with Crippen molar-refractivity contribution < 1.29 is 9.59 Å². The zero-order valence-electron chi connectivity index (χ0n) is 14.7. The lowest BCUT2D eigenvalue weighted by atomic mass is 10.3. The van der Waals surface area contributed by atoms with Crippen LogP contribution in [-0.2, 0) is 9.59 Å². The van der Waals surface area contributed by atoms with Crippen LogP contribution in [0.3, 0.4) is 0 Å². The van der Waals surface area contributed by atoms with Gasteiger partial charge in [0.05, 0.1) is 23.8 Å². The van der Waals surface area contributed by atoms with Crippen LogP contribution >= 0.6 is 23.2 Å². The summed E-state index contributed by atoms with van der Waals surface area (Å²) >= 11 is 11.9. The lowest BCUT2D eigenvalue weighted by molar-refractivity contribution is -0.131. The first-order valence-corrected chi connectivity index (χ1v) is 9.35. The van der Waals surface area contributed by atoms with Gasteiger partial charge >= 0.3 is 0 Å². The Bertz CT molecular complexity index is 620. The van der Waals surface area contributed by atoms with Crippen LogP contribution in [0.1, 0.15) is 26.2 Å². The largest absolute Gasteiger partial charge is 0.344 e. The number of likely N-dealkylation sites (N-methyl/N-ethyl adjacent to an activating group) is 1. The van der Waals surface area contributed by atoms with Crippen molar-refractivity contribution in [3.63, 3.8) is 0 Å². The van der Waals surface area contributed by atoms with Gasteiger partial charge in [-0.25, -0.2) is 0 Å². The molecule has 1 fully saturated rings. The molecule has 0 aliphatic heterocycles. The van der Waals surface area contributed by atoms with Gasteiger partial charge in [-0.2, -0.15) is 0 Å². The van der Waals surface area contributed by atoms with Crippen molar-refractivity contribution in [2.75, 3.05) is 38.5 Å². The van der Waals surface area contributed by atoms with E-state index in [4.69, 9.17) is 23.2 Å². The van der Waals surface area contributed by atoms with E-state index in [1.54, 1.807) is 23.1 Å². The Morgan fingerprint density at radius 3 is 2.56 bits per heavy atom. The molecule has 0 saturated heterocycles. The number of nitrogens with zero attached hydrogens (tertiary/aromatic N) is 2. The first-order valence-electron chi connectivity index (χ1n) is 8.60. The van der Waals surface area contributed by atoms with Gasteiger partial charge in [0.25, 0.3) is 0 Å². The van der Waals surface area contributed by atoms with Crippen molar-refractivity contribution in [3.8, 4) is 0 Å². The number of benzene rings is 1. The van der Waals surface area contributed by atoms with Crippen LogP contribution in [0, 0.1) is 5.92 Å². The summed E-state index contributed by atoms with van der Waals surface area (Å²) in [5.74, 6) is 0.511. The summed E-state index contributed by atoms with van der Waals surface area (Å²) in [6.45, 7) is 3.92. The number of rotatable bonds is 9. The third-order valence-corrected chi connectivity index (χ3v) is 4.67. The lowest BCUT2D eigenvalue weighted by Gasteiger charge is -2.24. The maximum atomic E-state index is 12.3. The van der Waals surface area contributed by atoms with Crippen LogP contribution in [-0.4, -0.2) is 54.8 Å². The highest BCUT2D eigenvalue weighted by Gasteiger charge is 2.25. The molecule has 1 aromatic carbocycles. The molecule has 5 nitrogen and oxygen atoms in total. The van der Waals surface area contributed by atoms with E-state index in [-0.39, 0.29) is 24.9 Å². The average molecular weight is 386 g/mol. The number of carbonyl (C=O) groups is 2. The Morgan fingerprint density at radius 2 is 1.96 bits per heavy atom. The number of anilines is 1. The van der Waals surface area contributed by atoms with E-state index in [9.17, 15) is 9.59 Å². The van der Waals surface area contributed by atoms with Crippen LogP contribution in [0.25, 0.3) is 0 Å². The number of nitrogens with one attached hydrogen (secondary N) is 1. The summed E-state index contributed by atoms with van der Waals surface area (Å²) < 4.78 is 0. The molecule has 2 amide bonds. The Balaban J connectivity index is 1.88. The lowest BCUT2D eigenvalue weighted by Crippen LogP contribution is -2.42. The summed E-state index contributed by atoms with van der Waals surface area (Å²) in [5, 5.41) is 3.68. The highest BCUT2D eigenvalue weighted by Crippen LogP contribution is 2.29. The summed E-state index contributed by atoms with van der Waals surface area (Å²) in [7, 11) is 1.83. The first kappa shape index (κ1) is 20.0. The molecule has 138 valence electrons. The molecule has 7 heteroatoms. The molecule has 1 aliphatic carbocycles. The smallest absolute Gasteiger partial charge is 0.238 e. The molecule has 2 rings (SSSR count). The third kappa shape index (κ3) is 6.84. The standard InChI is InChI=1S/C18H25Cl2N3O2/c1-3-8-23(12-18(25)22(2)10-13-4-5-13)11-17(24)21-16-7-6-14(19)9-15(16)20/h6-7,9,13H,3-5,8,10-12H2,1-2H3,(H,21,24). The molecule has 0 spiro atoms. The third-order valence-electron chi connectivity index (χ3n) is 4.13. The molecule has 0 unspecified atom stereocenters. The zero-order chi connectivity index (χ0) is 18.4. The van der Waals surface area contributed by atoms with E-state index in [0.717, 1.165) is 13.0 Å². The van der Waals surface area contributed by atoms with Crippen LogP contribution in [0.4, 0.5) is 5.69 Å². The molecule has 1 N–H and O–H groups in total. The summed E-state index contributed by atoms with van der Waals surface area (Å²) in [6.07, 6.45) is 3.29. The molecular weight excluding hydrogens is 361 g/mol. The fourth-order valence-electron chi connectivity index (χ4n) is 2.62. The normalized spacial score (nSPS) is 13.8. The highest BCUT2D eigenvalue weighted by molar-refractivity contribution is 6.36. The van der Waals surface area contributed by atoms with E-state index in [0.29, 0.717) is 28.2 Å². The SMILES string of the molecule is CCCN(CC(=O)Nc1ccc(Cl)cc1Cl)CC(=O)N(C)CC1CC1. The van der Waals surface area contributed by atoms with Crippen LogP contribution < -0.4 is 5.32 Å². The quantitative estimate of drug-likeness (QED) is 0.707. The molecule has 1 aliphatic rings. The van der Waals surface area contributed by atoms with Crippen molar-refractivity contribution in [1.29, 1.82) is 0 Å². The number of amides is 2. The number of hydrogen-bond donors (Lipinski definition) is 1. The van der Waals surface area contributed by atoms with Crippen molar-refractivity contribution in [2.24, 2.45) is 5.92 Å². The Morgan fingerprint density at radius 1 is 1.24 bits per heavy atom. The van der Waals surface area contributed by atoms with E-state index in [2.05, 4.69) is 5.32 Å². The van der Waals surface area contributed by atoms with Crippen LogP contribution in [0.5, 0.6) is 0 Å². The predicted molar refractivity (Wildman–Crippen MR) is 102 cm³/mol.